The van der Waals surface area contributed by atoms with Gasteiger partial charge in [-0.3, -0.25) is 0 Å². The maximum atomic E-state index is 12.6. The van der Waals surface area contributed by atoms with E-state index >= 15 is 0 Å². The maximum absolute atomic E-state index is 12.6. The second kappa shape index (κ2) is 10.1. The number of alkyl halides is 3. The van der Waals surface area contributed by atoms with Crippen LogP contribution in [-0.2, 0) is 31.5 Å². The Morgan fingerprint density at radius 2 is 1.54 bits per heavy atom. The molecule has 2 heterocycles. The Morgan fingerprint density at radius 1 is 0.893 bits per heavy atom. The molecule has 2 saturated heterocycles. The number of ether oxygens (including phenoxy) is 4. The summed E-state index contributed by atoms with van der Waals surface area (Å²) >= 11 is 0. The van der Waals surface area contributed by atoms with Crippen LogP contribution >= 0.6 is 0 Å². The quantitative estimate of drug-likeness (QED) is 0.656. The molecular formula is C21H29F3O4. The number of hydrogen-bond acceptors (Lipinski definition) is 4. The normalized spacial score (nSPS) is 29.0. The predicted octanol–water partition coefficient (Wildman–Crippen LogP) is 4.81. The van der Waals surface area contributed by atoms with Crippen LogP contribution in [0.2, 0.25) is 0 Å². The van der Waals surface area contributed by atoms with E-state index in [1.165, 1.54) is 25.0 Å². The average molecular weight is 402 g/mol. The molecule has 0 aromatic heterocycles. The van der Waals surface area contributed by atoms with Gasteiger partial charge in [0, 0.05) is 12.3 Å². The van der Waals surface area contributed by atoms with Crippen molar-refractivity contribution in [2.24, 2.45) is 11.8 Å². The van der Waals surface area contributed by atoms with E-state index in [0.29, 0.717) is 32.0 Å². The van der Waals surface area contributed by atoms with E-state index in [-0.39, 0.29) is 18.5 Å². The lowest BCUT2D eigenvalue weighted by Gasteiger charge is -2.37. The van der Waals surface area contributed by atoms with Crippen molar-refractivity contribution in [3.8, 4) is 0 Å². The lowest BCUT2D eigenvalue weighted by atomic mass is 10.0. The molecular weight excluding hydrogens is 373 g/mol. The van der Waals surface area contributed by atoms with Crippen molar-refractivity contribution in [3.63, 3.8) is 0 Å². The van der Waals surface area contributed by atoms with E-state index in [4.69, 9.17) is 18.9 Å². The van der Waals surface area contributed by atoms with Gasteiger partial charge < -0.3 is 18.9 Å². The molecule has 158 valence electrons. The molecule has 0 amide bonds. The van der Waals surface area contributed by atoms with E-state index in [9.17, 15) is 13.2 Å². The van der Waals surface area contributed by atoms with Crippen LogP contribution in [0.4, 0.5) is 13.2 Å². The van der Waals surface area contributed by atoms with Gasteiger partial charge in [-0.2, -0.15) is 13.2 Å². The molecule has 4 nitrogen and oxygen atoms in total. The van der Waals surface area contributed by atoms with Gasteiger partial charge in [-0.15, -0.1) is 0 Å². The molecule has 0 bridgehead atoms. The predicted molar refractivity (Wildman–Crippen MR) is 97.7 cm³/mol. The minimum absolute atomic E-state index is 0.0504. The highest BCUT2D eigenvalue weighted by molar-refractivity contribution is 5.24. The van der Waals surface area contributed by atoms with Gasteiger partial charge in [0.15, 0.2) is 12.6 Å². The molecule has 7 heteroatoms. The second-order valence-corrected chi connectivity index (χ2v) is 7.63. The second-order valence-electron chi connectivity index (χ2n) is 7.63. The first kappa shape index (κ1) is 21.6. The number of halogens is 3. The molecule has 0 radical (unpaired) electrons. The molecule has 28 heavy (non-hydrogen) atoms. The van der Waals surface area contributed by atoms with Crippen LogP contribution in [-0.4, -0.2) is 39.0 Å². The zero-order valence-electron chi connectivity index (χ0n) is 16.2. The summed E-state index contributed by atoms with van der Waals surface area (Å²) in [4.78, 5) is 0. The summed E-state index contributed by atoms with van der Waals surface area (Å²) in [5.41, 5.74) is 0.202. The van der Waals surface area contributed by atoms with Crippen LogP contribution in [0.3, 0.4) is 0 Å². The third-order valence-electron chi connectivity index (χ3n) is 5.29. The fourth-order valence-corrected chi connectivity index (χ4v) is 3.52. The van der Waals surface area contributed by atoms with Crippen LogP contribution in [0.15, 0.2) is 24.3 Å². The Kier molecular flexibility index (Phi) is 7.74. The Morgan fingerprint density at radius 3 is 2.11 bits per heavy atom. The third kappa shape index (κ3) is 6.17. The van der Waals surface area contributed by atoms with Crippen LogP contribution in [0, 0.1) is 11.8 Å². The van der Waals surface area contributed by atoms with Crippen molar-refractivity contribution in [2.75, 3.05) is 26.4 Å². The van der Waals surface area contributed by atoms with Crippen LogP contribution in [0.5, 0.6) is 0 Å². The summed E-state index contributed by atoms with van der Waals surface area (Å²) in [7, 11) is 0. The van der Waals surface area contributed by atoms with Crippen molar-refractivity contribution in [2.45, 2.75) is 57.8 Å². The summed E-state index contributed by atoms with van der Waals surface area (Å²) in [5.74, 6) is 0.521. The zero-order valence-corrected chi connectivity index (χ0v) is 16.2. The fraction of sp³-hybridized carbons (Fsp3) is 0.714. The first-order valence-electron chi connectivity index (χ1n) is 10.1. The molecule has 0 aliphatic carbocycles. The van der Waals surface area contributed by atoms with E-state index in [0.717, 1.165) is 37.3 Å². The van der Waals surface area contributed by atoms with Gasteiger partial charge in [-0.1, -0.05) is 31.9 Å². The van der Waals surface area contributed by atoms with Gasteiger partial charge in [-0.05, 0) is 30.5 Å². The fourth-order valence-electron chi connectivity index (χ4n) is 3.52. The minimum Gasteiger partial charge on any atom is -0.352 e. The number of aryl methyl sites for hydroxylation is 1. The summed E-state index contributed by atoms with van der Waals surface area (Å²) in [6, 6.07) is 5.24. The summed E-state index contributed by atoms with van der Waals surface area (Å²) in [6.45, 7) is 4.62. The van der Waals surface area contributed by atoms with Crippen LogP contribution in [0.1, 0.15) is 43.7 Å². The summed E-state index contributed by atoms with van der Waals surface area (Å²) < 4.78 is 61.1. The van der Waals surface area contributed by atoms with Crippen molar-refractivity contribution >= 4 is 0 Å². The van der Waals surface area contributed by atoms with Crippen LogP contribution < -0.4 is 0 Å². The average Bonchev–Trinajstić information content (AvgIpc) is 2.71. The zero-order chi connectivity index (χ0) is 20.0. The molecule has 2 fully saturated rings. The Labute approximate surface area is 164 Å². The molecule has 1 aromatic rings. The monoisotopic (exact) mass is 402 g/mol. The Hall–Kier alpha value is -1.15. The van der Waals surface area contributed by atoms with Crippen molar-refractivity contribution in [1.29, 1.82) is 0 Å². The van der Waals surface area contributed by atoms with E-state index in [1.807, 2.05) is 0 Å². The third-order valence-corrected chi connectivity index (χ3v) is 5.29. The number of rotatable bonds is 7. The highest BCUT2D eigenvalue weighted by Crippen LogP contribution is 2.30. The van der Waals surface area contributed by atoms with Gasteiger partial charge in [0.2, 0.25) is 0 Å². The van der Waals surface area contributed by atoms with Gasteiger partial charge >= 0.3 is 6.18 Å². The standard InChI is InChI=1S/C21H29F3O4/c1-2-3-4-16-11-27-20(28-12-16)17-13-25-19(26-14-17)10-7-15-5-8-18(9-6-15)21(22,23)24/h5-6,8-9,16-17,19-20H,2-4,7,10-14H2,1H3. The van der Waals surface area contributed by atoms with Gasteiger partial charge in [0.1, 0.15) is 0 Å². The molecule has 0 unspecified atom stereocenters. The number of unbranched alkanes of at least 4 members (excludes halogenated alkanes) is 1. The molecule has 2 aliphatic heterocycles. The summed E-state index contributed by atoms with van der Waals surface area (Å²) in [5, 5.41) is 0. The van der Waals surface area contributed by atoms with Crippen molar-refractivity contribution in [1.82, 2.24) is 0 Å². The molecule has 0 N–H and O–H groups in total. The highest BCUT2D eigenvalue weighted by atomic mass is 19.4. The van der Waals surface area contributed by atoms with E-state index in [2.05, 4.69) is 6.92 Å². The summed E-state index contributed by atoms with van der Waals surface area (Å²) in [6.07, 6.45) is -0.230. The number of benzene rings is 1. The smallest absolute Gasteiger partial charge is 0.352 e. The topological polar surface area (TPSA) is 36.9 Å². The van der Waals surface area contributed by atoms with Gasteiger partial charge in [0.25, 0.3) is 0 Å². The van der Waals surface area contributed by atoms with Gasteiger partial charge in [-0.25, -0.2) is 0 Å². The molecule has 2 aliphatic rings. The van der Waals surface area contributed by atoms with Crippen LogP contribution in [0.25, 0.3) is 0 Å². The first-order chi connectivity index (χ1) is 13.5. The lowest BCUT2D eigenvalue weighted by molar-refractivity contribution is -0.281. The first-order valence-corrected chi connectivity index (χ1v) is 10.1. The van der Waals surface area contributed by atoms with Gasteiger partial charge in [0.05, 0.1) is 37.9 Å². The van der Waals surface area contributed by atoms with Crippen molar-refractivity contribution < 1.29 is 32.1 Å². The molecule has 3 rings (SSSR count). The minimum atomic E-state index is -4.30. The molecule has 0 saturated carbocycles. The lowest BCUT2D eigenvalue weighted by Crippen LogP contribution is -2.44. The highest BCUT2D eigenvalue weighted by Gasteiger charge is 2.33. The Bertz CT molecular complexity index is 574. The van der Waals surface area contributed by atoms with E-state index < -0.39 is 11.7 Å². The Balaban J connectivity index is 1.35. The molecule has 0 spiro atoms. The SMILES string of the molecule is CCCCC1COC(C2COC(CCc3ccc(C(F)(F)F)cc3)OC2)OC1. The number of hydrogen-bond donors (Lipinski definition) is 0. The molecule has 1 aromatic carbocycles. The van der Waals surface area contributed by atoms with E-state index in [1.54, 1.807) is 0 Å². The largest absolute Gasteiger partial charge is 0.416 e. The molecule has 0 atom stereocenters. The van der Waals surface area contributed by atoms with Crippen molar-refractivity contribution in [3.05, 3.63) is 35.4 Å². The maximum Gasteiger partial charge on any atom is 0.416 e.